The number of hydrogen-bond acceptors (Lipinski definition) is 4. The monoisotopic (exact) mass is 383 g/mol. The van der Waals surface area contributed by atoms with E-state index in [-0.39, 0.29) is 11.8 Å². The van der Waals surface area contributed by atoms with Gasteiger partial charge in [-0.2, -0.15) is 0 Å². The average Bonchev–Trinajstić information content (AvgIpc) is 2.67. The molecule has 148 valence electrons. The van der Waals surface area contributed by atoms with Crippen molar-refractivity contribution in [2.75, 3.05) is 29.9 Å². The molecule has 0 unspecified atom stereocenters. The second kappa shape index (κ2) is 7.73. The number of amides is 2. The standard InChI is InChI=1S/C21H26FN5O/c1-14-6-9-26(10-7-14)20-18-13-27(11-8-19(18)23-15(2)24-20)21(28)25-17-5-3-4-16(22)12-17/h3-5,12,14H,6-11,13H2,1-2H3,(H,25,28). The first-order chi connectivity index (χ1) is 13.5. The quantitative estimate of drug-likeness (QED) is 0.858. The van der Waals surface area contributed by atoms with Crippen molar-refractivity contribution in [3.8, 4) is 0 Å². The minimum Gasteiger partial charge on any atom is -0.356 e. The summed E-state index contributed by atoms with van der Waals surface area (Å²) in [5.74, 6) is 2.12. The third kappa shape index (κ3) is 3.93. The summed E-state index contributed by atoms with van der Waals surface area (Å²) in [6, 6.07) is 5.73. The van der Waals surface area contributed by atoms with Crippen molar-refractivity contribution in [2.45, 2.75) is 39.7 Å². The lowest BCUT2D eigenvalue weighted by molar-refractivity contribution is 0.206. The van der Waals surface area contributed by atoms with Crippen LogP contribution in [0.3, 0.4) is 0 Å². The Morgan fingerprint density at radius 3 is 2.75 bits per heavy atom. The summed E-state index contributed by atoms with van der Waals surface area (Å²) in [5.41, 5.74) is 2.54. The van der Waals surface area contributed by atoms with Gasteiger partial charge in [-0.1, -0.05) is 13.0 Å². The van der Waals surface area contributed by atoms with Gasteiger partial charge in [0.05, 0.1) is 12.2 Å². The lowest BCUT2D eigenvalue weighted by Gasteiger charge is -2.36. The first-order valence-corrected chi connectivity index (χ1v) is 9.92. The number of benzene rings is 1. The maximum atomic E-state index is 13.4. The number of aryl methyl sites for hydroxylation is 1. The number of nitrogens with zero attached hydrogens (tertiary/aromatic N) is 4. The van der Waals surface area contributed by atoms with E-state index >= 15 is 0 Å². The Kier molecular flexibility index (Phi) is 5.15. The van der Waals surface area contributed by atoms with Gasteiger partial charge in [-0.15, -0.1) is 0 Å². The molecule has 4 rings (SSSR count). The van der Waals surface area contributed by atoms with Gasteiger partial charge in [0.1, 0.15) is 17.5 Å². The molecule has 0 saturated carbocycles. The molecule has 1 aromatic carbocycles. The highest BCUT2D eigenvalue weighted by Crippen LogP contribution is 2.30. The number of aromatic nitrogens is 2. The van der Waals surface area contributed by atoms with Crippen LogP contribution in [0.25, 0.3) is 0 Å². The number of hydrogen-bond donors (Lipinski definition) is 1. The van der Waals surface area contributed by atoms with E-state index < -0.39 is 0 Å². The predicted octanol–water partition coefficient (Wildman–Crippen LogP) is 3.75. The van der Waals surface area contributed by atoms with Crippen LogP contribution in [-0.2, 0) is 13.0 Å². The molecule has 1 fully saturated rings. The van der Waals surface area contributed by atoms with Crippen molar-refractivity contribution in [1.82, 2.24) is 14.9 Å². The van der Waals surface area contributed by atoms with Crippen molar-refractivity contribution >= 4 is 17.5 Å². The van der Waals surface area contributed by atoms with Gasteiger partial charge in [0, 0.05) is 37.3 Å². The first-order valence-electron chi connectivity index (χ1n) is 9.92. The van der Waals surface area contributed by atoms with Crippen LogP contribution in [0.2, 0.25) is 0 Å². The summed E-state index contributed by atoms with van der Waals surface area (Å²) in [6.07, 6.45) is 3.01. The van der Waals surface area contributed by atoms with Gasteiger partial charge < -0.3 is 15.1 Å². The smallest absolute Gasteiger partial charge is 0.322 e. The summed E-state index contributed by atoms with van der Waals surface area (Å²) in [4.78, 5) is 26.2. The highest BCUT2D eigenvalue weighted by molar-refractivity contribution is 5.89. The number of urea groups is 1. The van der Waals surface area contributed by atoms with Crippen molar-refractivity contribution in [2.24, 2.45) is 5.92 Å². The second-order valence-electron chi connectivity index (χ2n) is 7.80. The minimum atomic E-state index is -0.368. The Morgan fingerprint density at radius 2 is 2.00 bits per heavy atom. The van der Waals surface area contributed by atoms with Gasteiger partial charge in [-0.3, -0.25) is 0 Å². The molecule has 0 radical (unpaired) electrons. The lowest BCUT2D eigenvalue weighted by atomic mass is 9.98. The van der Waals surface area contributed by atoms with E-state index in [1.54, 1.807) is 17.0 Å². The Hall–Kier alpha value is -2.70. The summed E-state index contributed by atoms with van der Waals surface area (Å²) in [5, 5.41) is 2.79. The van der Waals surface area contributed by atoms with Gasteiger partial charge in [-0.05, 0) is 43.9 Å². The fourth-order valence-electron chi connectivity index (χ4n) is 3.94. The SMILES string of the molecule is Cc1nc2c(c(N3CCC(C)CC3)n1)CN(C(=O)Nc1cccc(F)c1)CC2. The van der Waals surface area contributed by atoms with Gasteiger partial charge >= 0.3 is 6.03 Å². The molecule has 0 bridgehead atoms. The van der Waals surface area contributed by atoms with E-state index in [0.29, 0.717) is 25.2 Å². The summed E-state index contributed by atoms with van der Waals surface area (Å²) < 4.78 is 13.4. The molecular formula is C21H26FN5O. The van der Waals surface area contributed by atoms with Crippen LogP contribution in [0, 0.1) is 18.7 Å². The van der Waals surface area contributed by atoms with E-state index in [2.05, 4.69) is 22.1 Å². The van der Waals surface area contributed by atoms with Gasteiger partial charge in [0.25, 0.3) is 0 Å². The maximum Gasteiger partial charge on any atom is 0.322 e. The summed E-state index contributed by atoms with van der Waals surface area (Å²) in [7, 11) is 0. The van der Waals surface area contributed by atoms with Crippen LogP contribution >= 0.6 is 0 Å². The van der Waals surface area contributed by atoms with E-state index in [1.165, 1.54) is 12.1 Å². The number of piperidine rings is 1. The van der Waals surface area contributed by atoms with Gasteiger partial charge in [-0.25, -0.2) is 19.2 Å². The molecule has 0 aliphatic carbocycles. The fraction of sp³-hybridized carbons (Fsp3) is 0.476. The van der Waals surface area contributed by atoms with E-state index in [0.717, 1.165) is 54.7 Å². The Morgan fingerprint density at radius 1 is 1.21 bits per heavy atom. The average molecular weight is 383 g/mol. The molecule has 1 aromatic heterocycles. The van der Waals surface area contributed by atoms with Gasteiger partial charge in [0.15, 0.2) is 0 Å². The number of carbonyl (C=O) groups excluding carboxylic acids is 1. The number of anilines is 2. The number of carbonyl (C=O) groups is 1. The molecule has 28 heavy (non-hydrogen) atoms. The molecule has 2 aliphatic heterocycles. The number of fused-ring (bicyclic) bond motifs is 1. The normalized spacial score (nSPS) is 17.4. The zero-order valence-electron chi connectivity index (χ0n) is 16.4. The van der Waals surface area contributed by atoms with Crippen LogP contribution in [0.1, 0.15) is 36.8 Å². The van der Waals surface area contributed by atoms with Crippen LogP contribution in [0.15, 0.2) is 24.3 Å². The molecule has 1 saturated heterocycles. The number of rotatable bonds is 2. The molecule has 2 aromatic rings. The van der Waals surface area contributed by atoms with Crippen molar-refractivity contribution in [1.29, 1.82) is 0 Å². The number of halogens is 1. The van der Waals surface area contributed by atoms with Crippen LogP contribution < -0.4 is 10.2 Å². The second-order valence-corrected chi connectivity index (χ2v) is 7.80. The molecular weight excluding hydrogens is 357 g/mol. The molecule has 0 atom stereocenters. The molecule has 6 nitrogen and oxygen atoms in total. The molecule has 0 spiro atoms. The highest BCUT2D eigenvalue weighted by atomic mass is 19.1. The maximum absolute atomic E-state index is 13.4. The molecule has 2 aliphatic rings. The Labute approximate surface area is 164 Å². The van der Waals surface area contributed by atoms with Crippen molar-refractivity contribution in [3.63, 3.8) is 0 Å². The van der Waals surface area contributed by atoms with Crippen LogP contribution in [-0.4, -0.2) is 40.5 Å². The van der Waals surface area contributed by atoms with Gasteiger partial charge in [0.2, 0.25) is 0 Å². The van der Waals surface area contributed by atoms with Crippen LogP contribution in [0.5, 0.6) is 0 Å². The molecule has 1 N–H and O–H groups in total. The topological polar surface area (TPSA) is 61.4 Å². The number of nitrogens with one attached hydrogen (secondary N) is 1. The lowest BCUT2D eigenvalue weighted by Crippen LogP contribution is -2.41. The summed E-state index contributed by atoms with van der Waals surface area (Å²) >= 11 is 0. The summed E-state index contributed by atoms with van der Waals surface area (Å²) in [6.45, 7) is 7.24. The third-order valence-corrected chi connectivity index (χ3v) is 5.60. The first kappa shape index (κ1) is 18.7. The Bertz CT molecular complexity index is 879. The van der Waals surface area contributed by atoms with E-state index in [4.69, 9.17) is 4.98 Å². The molecule has 2 amide bonds. The van der Waals surface area contributed by atoms with E-state index in [9.17, 15) is 9.18 Å². The predicted molar refractivity (Wildman–Crippen MR) is 107 cm³/mol. The zero-order chi connectivity index (χ0) is 19.7. The molecule has 7 heteroatoms. The highest BCUT2D eigenvalue weighted by Gasteiger charge is 2.28. The van der Waals surface area contributed by atoms with E-state index in [1.807, 2.05) is 6.92 Å². The van der Waals surface area contributed by atoms with Crippen molar-refractivity contribution in [3.05, 3.63) is 47.2 Å². The van der Waals surface area contributed by atoms with Crippen molar-refractivity contribution < 1.29 is 9.18 Å². The zero-order valence-corrected chi connectivity index (χ0v) is 16.4. The minimum absolute atomic E-state index is 0.227. The molecule has 3 heterocycles. The third-order valence-electron chi connectivity index (χ3n) is 5.60. The van der Waals surface area contributed by atoms with Crippen LogP contribution in [0.4, 0.5) is 20.7 Å². The fourth-order valence-corrected chi connectivity index (χ4v) is 3.94. The largest absolute Gasteiger partial charge is 0.356 e. The Balaban J connectivity index is 1.54.